The molecule has 0 amide bonds. The third-order valence-electron chi connectivity index (χ3n) is 3.01. The lowest BCUT2D eigenvalue weighted by atomic mass is 9.98. The maximum Gasteiger partial charge on any atom is 0.137 e. The molecule has 0 aliphatic heterocycles. The van der Waals surface area contributed by atoms with Crippen LogP contribution in [-0.2, 0) is 0 Å². The van der Waals surface area contributed by atoms with Gasteiger partial charge < -0.3 is 10.1 Å². The summed E-state index contributed by atoms with van der Waals surface area (Å²) in [5.74, 6) is 0.364. The lowest BCUT2D eigenvalue weighted by Gasteiger charge is -2.18. The summed E-state index contributed by atoms with van der Waals surface area (Å²) in [5.41, 5.74) is 1.48. The highest BCUT2D eigenvalue weighted by Gasteiger charge is 2.16. The second-order valence-corrected chi connectivity index (χ2v) is 4.54. The normalized spacial score (nSPS) is 12.2. The first-order valence-corrected chi connectivity index (χ1v) is 6.30. The van der Waals surface area contributed by atoms with Crippen molar-refractivity contribution in [3.8, 4) is 5.75 Å². The van der Waals surface area contributed by atoms with Crippen LogP contribution in [0.25, 0.3) is 0 Å². The monoisotopic (exact) mass is 279 g/mol. The van der Waals surface area contributed by atoms with Gasteiger partial charge in [0.15, 0.2) is 0 Å². The Labute approximate surface area is 117 Å². The number of ether oxygens (including phenoxy) is 1. The number of nitrogens with one attached hydrogen (secondary N) is 1. The molecule has 0 aliphatic carbocycles. The molecule has 0 saturated carbocycles. The van der Waals surface area contributed by atoms with Crippen molar-refractivity contribution >= 4 is 11.6 Å². The standard InChI is InChI=1S/C15H15ClFNO/c1-18-15(11-5-3-4-6-13(11)17)10-7-8-14(19-2)12(16)9-10/h3-9,15,18H,1-2H3. The lowest BCUT2D eigenvalue weighted by molar-refractivity contribution is 0.414. The molecule has 4 heteroatoms. The van der Waals surface area contributed by atoms with Gasteiger partial charge in [-0.1, -0.05) is 35.9 Å². The van der Waals surface area contributed by atoms with Gasteiger partial charge in [0.25, 0.3) is 0 Å². The third-order valence-corrected chi connectivity index (χ3v) is 3.31. The van der Waals surface area contributed by atoms with Crippen molar-refractivity contribution in [2.45, 2.75) is 6.04 Å². The maximum atomic E-state index is 13.9. The number of rotatable bonds is 4. The SMILES string of the molecule is CNC(c1ccc(OC)c(Cl)c1)c1ccccc1F. The van der Waals surface area contributed by atoms with E-state index in [2.05, 4.69) is 5.32 Å². The van der Waals surface area contributed by atoms with Crippen molar-refractivity contribution in [3.63, 3.8) is 0 Å². The number of hydrogen-bond donors (Lipinski definition) is 1. The van der Waals surface area contributed by atoms with Crippen molar-refractivity contribution < 1.29 is 9.13 Å². The molecule has 100 valence electrons. The first kappa shape index (κ1) is 13.8. The highest BCUT2D eigenvalue weighted by atomic mass is 35.5. The van der Waals surface area contributed by atoms with Gasteiger partial charge in [0.05, 0.1) is 18.2 Å². The summed E-state index contributed by atoms with van der Waals surface area (Å²) >= 11 is 6.11. The van der Waals surface area contributed by atoms with Crippen LogP contribution in [-0.4, -0.2) is 14.2 Å². The number of halogens is 2. The fourth-order valence-corrected chi connectivity index (χ4v) is 2.34. The van der Waals surface area contributed by atoms with E-state index in [0.29, 0.717) is 16.3 Å². The summed E-state index contributed by atoms with van der Waals surface area (Å²) in [4.78, 5) is 0. The molecular weight excluding hydrogens is 265 g/mol. The smallest absolute Gasteiger partial charge is 0.137 e. The second kappa shape index (κ2) is 6.04. The predicted octanol–water partition coefficient (Wildman–Crippen LogP) is 3.80. The molecule has 2 nitrogen and oxygen atoms in total. The van der Waals surface area contributed by atoms with Crippen molar-refractivity contribution in [1.29, 1.82) is 0 Å². The van der Waals surface area contributed by atoms with E-state index in [1.54, 1.807) is 38.4 Å². The molecule has 2 aromatic rings. The van der Waals surface area contributed by atoms with E-state index >= 15 is 0 Å². The van der Waals surface area contributed by atoms with Gasteiger partial charge in [0, 0.05) is 5.56 Å². The Kier molecular flexibility index (Phi) is 4.40. The lowest BCUT2D eigenvalue weighted by Crippen LogP contribution is -2.18. The predicted molar refractivity (Wildman–Crippen MR) is 75.3 cm³/mol. The minimum atomic E-state index is -0.246. The molecular formula is C15H15ClFNO. The fourth-order valence-electron chi connectivity index (χ4n) is 2.07. The Balaban J connectivity index is 2.43. The van der Waals surface area contributed by atoms with Crippen LogP contribution >= 0.6 is 11.6 Å². The van der Waals surface area contributed by atoms with E-state index < -0.39 is 0 Å². The van der Waals surface area contributed by atoms with Crippen molar-refractivity contribution in [2.24, 2.45) is 0 Å². The molecule has 1 atom stereocenters. The molecule has 0 aliphatic rings. The second-order valence-electron chi connectivity index (χ2n) is 4.14. The van der Waals surface area contributed by atoms with Crippen molar-refractivity contribution in [2.75, 3.05) is 14.2 Å². The molecule has 2 aromatic carbocycles. The zero-order valence-corrected chi connectivity index (χ0v) is 11.5. The van der Waals surface area contributed by atoms with Gasteiger partial charge in [-0.15, -0.1) is 0 Å². The molecule has 1 N–H and O–H groups in total. The summed E-state index contributed by atoms with van der Waals surface area (Å²) in [6.45, 7) is 0. The van der Waals surface area contributed by atoms with E-state index in [4.69, 9.17) is 16.3 Å². The minimum absolute atomic E-state index is 0.242. The third kappa shape index (κ3) is 2.88. The molecule has 0 fully saturated rings. The molecule has 0 radical (unpaired) electrons. The average molecular weight is 280 g/mol. The van der Waals surface area contributed by atoms with Gasteiger partial charge in [-0.05, 0) is 30.8 Å². The van der Waals surface area contributed by atoms with Crippen LogP contribution in [0.5, 0.6) is 5.75 Å². The Morgan fingerprint density at radius 2 is 1.95 bits per heavy atom. The van der Waals surface area contributed by atoms with Crippen LogP contribution in [0, 0.1) is 5.82 Å². The Hall–Kier alpha value is -1.58. The Morgan fingerprint density at radius 3 is 2.53 bits per heavy atom. The van der Waals surface area contributed by atoms with Crippen molar-refractivity contribution in [3.05, 3.63) is 64.4 Å². The van der Waals surface area contributed by atoms with E-state index in [-0.39, 0.29) is 11.9 Å². The number of hydrogen-bond acceptors (Lipinski definition) is 2. The molecule has 2 rings (SSSR count). The molecule has 0 heterocycles. The highest BCUT2D eigenvalue weighted by molar-refractivity contribution is 6.32. The van der Waals surface area contributed by atoms with Crippen LogP contribution < -0.4 is 10.1 Å². The summed E-state index contributed by atoms with van der Waals surface area (Å²) in [7, 11) is 3.35. The quantitative estimate of drug-likeness (QED) is 0.919. The van der Waals surface area contributed by atoms with Gasteiger partial charge in [0.2, 0.25) is 0 Å². The van der Waals surface area contributed by atoms with Gasteiger partial charge >= 0.3 is 0 Å². The number of benzene rings is 2. The molecule has 0 saturated heterocycles. The molecule has 1 unspecified atom stereocenters. The fraction of sp³-hybridized carbons (Fsp3) is 0.200. The van der Waals surface area contributed by atoms with Crippen LogP contribution in [0.2, 0.25) is 5.02 Å². The van der Waals surface area contributed by atoms with E-state index in [9.17, 15) is 4.39 Å². The van der Waals surface area contributed by atoms with Crippen molar-refractivity contribution in [1.82, 2.24) is 5.32 Å². The summed E-state index contributed by atoms with van der Waals surface area (Å²) in [6.07, 6.45) is 0. The van der Waals surface area contributed by atoms with Crippen LogP contribution in [0.15, 0.2) is 42.5 Å². The van der Waals surface area contributed by atoms with Gasteiger partial charge in [-0.3, -0.25) is 0 Å². The topological polar surface area (TPSA) is 21.3 Å². The van der Waals surface area contributed by atoms with Gasteiger partial charge in [-0.25, -0.2) is 4.39 Å². The van der Waals surface area contributed by atoms with Crippen LogP contribution in [0.1, 0.15) is 17.2 Å². The van der Waals surface area contributed by atoms with E-state index in [1.165, 1.54) is 6.07 Å². The highest BCUT2D eigenvalue weighted by Crippen LogP contribution is 2.30. The van der Waals surface area contributed by atoms with Crippen LogP contribution in [0.3, 0.4) is 0 Å². The molecule has 19 heavy (non-hydrogen) atoms. The summed E-state index contributed by atoms with van der Waals surface area (Å²) < 4.78 is 19.0. The minimum Gasteiger partial charge on any atom is -0.495 e. The zero-order valence-electron chi connectivity index (χ0n) is 10.8. The zero-order chi connectivity index (χ0) is 13.8. The maximum absolute atomic E-state index is 13.9. The first-order valence-electron chi connectivity index (χ1n) is 5.92. The molecule has 0 aromatic heterocycles. The number of methoxy groups -OCH3 is 1. The van der Waals surface area contributed by atoms with Gasteiger partial charge in [-0.2, -0.15) is 0 Å². The van der Waals surface area contributed by atoms with Crippen LogP contribution in [0.4, 0.5) is 4.39 Å². The molecule has 0 spiro atoms. The average Bonchev–Trinajstić information content (AvgIpc) is 2.42. The van der Waals surface area contributed by atoms with E-state index in [0.717, 1.165) is 5.56 Å². The van der Waals surface area contributed by atoms with Gasteiger partial charge in [0.1, 0.15) is 11.6 Å². The Bertz CT molecular complexity index is 574. The Morgan fingerprint density at radius 1 is 1.21 bits per heavy atom. The van der Waals surface area contributed by atoms with E-state index in [1.807, 2.05) is 12.1 Å². The molecule has 0 bridgehead atoms. The largest absolute Gasteiger partial charge is 0.495 e. The first-order chi connectivity index (χ1) is 9.17. The summed E-state index contributed by atoms with van der Waals surface area (Å²) in [5, 5.41) is 3.61. The summed E-state index contributed by atoms with van der Waals surface area (Å²) in [6, 6.07) is 11.9.